The Hall–Kier alpha value is 1.54. The summed E-state index contributed by atoms with van der Waals surface area (Å²) in [6.45, 7) is 1.93. The smallest absolute Gasteiger partial charge is 0.0402 e. The van der Waals surface area contributed by atoms with Crippen LogP contribution >= 0.6 is 12.4 Å². The number of hydrogen-bond acceptors (Lipinski definition) is 1. The third-order valence-electron chi connectivity index (χ3n) is 0. The van der Waals surface area contributed by atoms with Gasteiger partial charge in [-0.3, -0.25) is 0 Å². The predicted octanol–water partition coefficient (Wildman–Crippen LogP) is 0.420. The van der Waals surface area contributed by atoms with E-state index < -0.39 is 0 Å². The molecule has 0 unspecified atom stereocenters. The van der Waals surface area contributed by atoms with Crippen LogP contribution in [0.4, 0.5) is 0 Å². The summed E-state index contributed by atoms with van der Waals surface area (Å²) in [5, 5.41) is 7.57. The molecule has 0 aliphatic carbocycles. The van der Waals surface area contributed by atoms with Crippen molar-refractivity contribution >= 4 is 12.4 Å². The van der Waals surface area contributed by atoms with Gasteiger partial charge in [-0.2, -0.15) is 0 Å². The molecule has 0 rings (SSSR count). The predicted molar refractivity (Wildman–Crippen MR) is 20.0 cm³/mol. The van der Waals surface area contributed by atoms with Crippen molar-refractivity contribution < 1.29 is 43.7 Å². The van der Waals surface area contributed by atoms with Crippen LogP contribution in [-0.4, -0.2) is 11.7 Å². The van der Waals surface area contributed by atoms with Crippen molar-refractivity contribution in [1.82, 2.24) is 0 Å². The van der Waals surface area contributed by atoms with Crippen LogP contribution in [0.15, 0.2) is 0 Å². The fourth-order valence-electron chi connectivity index (χ4n) is 0. The van der Waals surface area contributed by atoms with Gasteiger partial charge in [0.2, 0.25) is 0 Å². The second-order valence-corrected chi connectivity index (χ2v) is 0.316. The van der Waals surface area contributed by atoms with E-state index in [9.17, 15) is 0 Å². The summed E-state index contributed by atoms with van der Waals surface area (Å²) in [4.78, 5) is 0. The molecule has 0 atom stereocenters. The first-order valence-corrected chi connectivity index (χ1v) is 1.02. The number of rotatable bonds is 0. The van der Waals surface area contributed by atoms with Gasteiger partial charge in [-0.05, 0) is 6.92 Å². The summed E-state index contributed by atoms with van der Waals surface area (Å²) in [5.74, 6) is 0. The van der Waals surface area contributed by atoms with E-state index in [1.165, 1.54) is 0 Å². The normalized spacial score (nSPS) is 3.60. The Kier molecular flexibility index (Phi) is 56.8. The van der Waals surface area contributed by atoms with Gasteiger partial charge in [0.05, 0.1) is 0 Å². The summed E-state index contributed by atoms with van der Waals surface area (Å²) >= 11 is 0. The van der Waals surface area contributed by atoms with Crippen molar-refractivity contribution in [3.8, 4) is 0 Å². The third-order valence-corrected chi connectivity index (χ3v) is 0. The second-order valence-electron chi connectivity index (χ2n) is 0.316. The van der Waals surface area contributed by atoms with Crippen molar-refractivity contribution in [2.24, 2.45) is 0 Å². The van der Waals surface area contributed by atoms with Crippen LogP contribution in [0.25, 0.3) is 0 Å². The maximum Gasteiger partial charge on any atom is 0.0402 e. The fourth-order valence-corrected chi connectivity index (χ4v) is 0. The standard InChI is InChI=1S/C2H6O.ClH.Tb/c1-2-3;;/h3H,2H2,1H3;1H;. The van der Waals surface area contributed by atoms with Crippen molar-refractivity contribution in [3.05, 3.63) is 0 Å². The van der Waals surface area contributed by atoms with Gasteiger partial charge < -0.3 is 5.11 Å². The second kappa shape index (κ2) is 17.7. The zero-order valence-electron chi connectivity index (χ0n) is 2.90. The van der Waals surface area contributed by atoms with Crippen molar-refractivity contribution in [1.29, 1.82) is 0 Å². The molecule has 0 aliphatic heterocycles. The number of halogens is 1. The van der Waals surface area contributed by atoms with Crippen LogP contribution in [0, 0.1) is 38.6 Å². The monoisotopic (exact) mass is 241 g/mol. The first kappa shape index (κ1) is 16.0. The van der Waals surface area contributed by atoms with E-state index >= 15 is 0 Å². The Labute approximate surface area is 69.0 Å². The maximum atomic E-state index is 7.57. The maximum absolute atomic E-state index is 7.57. The number of aliphatic hydroxyl groups is 1. The topological polar surface area (TPSA) is 20.2 Å². The van der Waals surface area contributed by atoms with Crippen LogP contribution in [0.5, 0.6) is 0 Å². The van der Waals surface area contributed by atoms with E-state index in [1.807, 2.05) is 0 Å². The van der Waals surface area contributed by atoms with E-state index in [0.29, 0.717) is 0 Å². The molecule has 5 heavy (non-hydrogen) atoms. The molecular weight excluding hydrogens is 234 g/mol. The molecule has 0 aromatic carbocycles. The van der Waals surface area contributed by atoms with Gasteiger partial charge in [0.25, 0.3) is 0 Å². The van der Waals surface area contributed by atoms with Crippen molar-refractivity contribution in [2.45, 2.75) is 6.92 Å². The molecule has 0 saturated carbocycles. The van der Waals surface area contributed by atoms with Crippen molar-refractivity contribution in [3.63, 3.8) is 0 Å². The van der Waals surface area contributed by atoms with Crippen LogP contribution < -0.4 is 0 Å². The minimum atomic E-state index is 0. The molecular formula is C2H7ClOTb. The molecule has 0 aromatic heterocycles. The molecule has 37 valence electrons. The zero-order valence-corrected chi connectivity index (χ0v) is 5.85. The van der Waals surface area contributed by atoms with Crippen molar-refractivity contribution in [2.75, 3.05) is 6.61 Å². The van der Waals surface area contributed by atoms with Gasteiger partial charge in [0.1, 0.15) is 0 Å². The average molecular weight is 241 g/mol. The molecule has 0 spiro atoms. The summed E-state index contributed by atoms with van der Waals surface area (Å²) in [6, 6.07) is 0. The zero-order chi connectivity index (χ0) is 2.71. The summed E-state index contributed by atoms with van der Waals surface area (Å²) < 4.78 is 0. The van der Waals surface area contributed by atoms with Gasteiger partial charge >= 0.3 is 0 Å². The van der Waals surface area contributed by atoms with E-state index in [2.05, 4.69) is 0 Å². The Morgan fingerprint density at radius 1 is 1.60 bits per heavy atom. The largest absolute Gasteiger partial charge is 0.397 e. The molecule has 3 heteroatoms. The minimum Gasteiger partial charge on any atom is -0.397 e. The Balaban J connectivity index is -0.0000000200. The molecule has 1 radical (unpaired) electrons. The fraction of sp³-hybridized carbons (Fsp3) is 1.00. The molecule has 0 aliphatic rings. The Bertz CT molecular complexity index is 9.61. The first-order chi connectivity index (χ1) is 1.41. The van der Waals surface area contributed by atoms with Crippen LogP contribution in [0.3, 0.4) is 0 Å². The van der Waals surface area contributed by atoms with Gasteiger partial charge in [-0.25, -0.2) is 0 Å². The van der Waals surface area contributed by atoms with Crippen LogP contribution in [0.1, 0.15) is 6.92 Å². The molecule has 0 bridgehead atoms. The summed E-state index contributed by atoms with van der Waals surface area (Å²) in [7, 11) is 0. The molecule has 0 saturated heterocycles. The van der Waals surface area contributed by atoms with Gasteiger partial charge in [-0.15, -0.1) is 12.4 Å². The molecule has 1 N–H and O–H groups in total. The summed E-state index contributed by atoms with van der Waals surface area (Å²) in [6.07, 6.45) is 0. The van der Waals surface area contributed by atoms with Crippen LogP contribution in [-0.2, 0) is 0 Å². The van der Waals surface area contributed by atoms with E-state index in [1.54, 1.807) is 6.92 Å². The summed E-state index contributed by atoms with van der Waals surface area (Å²) in [5.41, 5.74) is 0. The number of hydrogen-bond donors (Lipinski definition) is 1. The van der Waals surface area contributed by atoms with E-state index in [0.717, 1.165) is 0 Å². The molecule has 0 fully saturated rings. The average Bonchev–Trinajstić information content (AvgIpc) is 0.918. The van der Waals surface area contributed by atoms with Gasteiger partial charge in [0, 0.05) is 45.2 Å². The van der Waals surface area contributed by atoms with E-state index in [-0.39, 0.29) is 57.6 Å². The molecule has 1 nitrogen and oxygen atoms in total. The third kappa shape index (κ3) is 29.3. The molecule has 0 heterocycles. The van der Waals surface area contributed by atoms with Crippen LogP contribution in [0.2, 0.25) is 0 Å². The minimum absolute atomic E-state index is 0. The number of aliphatic hydroxyl groups excluding tert-OH is 1. The first-order valence-electron chi connectivity index (χ1n) is 1.02. The SMILES string of the molecule is CCO.Cl.[Tb]. The quantitative estimate of drug-likeness (QED) is 0.652. The van der Waals surface area contributed by atoms with E-state index in [4.69, 9.17) is 5.11 Å². The van der Waals surface area contributed by atoms with Gasteiger partial charge in [0.15, 0.2) is 0 Å². The molecule has 0 amide bonds. The Morgan fingerprint density at radius 3 is 1.60 bits per heavy atom. The molecule has 0 aromatic rings. The van der Waals surface area contributed by atoms with Gasteiger partial charge in [-0.1, -0.05) is 0 Å². The Morgan fingerprint density at radius 2 is 1.60 bits per heavy atom.